The first-order chi connectivity index (χ1) is 9.99. The highest BCUT2D eigenvalue weighted by Crippen LogP contribution is 2.23. The monoisotopic (exact) mass is 350 g/mol. The van der Waals surface area contributed by atoms with Crippen LogP contribution < -0.4 is 5.32 Å². The Bertz CT molecular complexity index is 608. The van der Waals surface area contributed by atoms with Crippen LogP contribution in [0.25, 0.3) is 0 Å². The van der Waals surface area contributed by atoms with Gasteiger partial charge in [0.05, 0.1) is 0 Å². The van der Waals surface area contributed by atoms with E-state index in [0.717, 1.165) is 28.0 Å². The molecule has 0 radical (unpaired) electrons. The molecule has 0 fully saturated rings. The van der Waals surface area contributed by atoms with Gasteiger partial charge in [0.25, 0.3) is 0 Å². The molecule has 4 heteroatoms. The van der Waals surface area contributed by atoms with Gasteiger partial charge in [-0.3, -0.25) is 4.98 Å². The summed E-state index contributed by atoms with van der Waals surface area (Å²) >= 11 is 3.41. The van der Waals surface area contributed by atoms with Gasteiger partial charge in [0.1, 0.15) is 5.82 Å². The topological polar surface area (TPSA) is 24.9 Å². The van der Waals surface area contributed by atoms with Gasteiger partial charge >= 0.3 is 0 Å². The van der Waals surface area contributed by atoms with E-state index in [9.17, 15) is 4.39 Å². The Morgan fingerprint density at radius 1 is 1.19 bits per heavy atom. The maximum atomic E-state index is 14.0. The van der Waals surface area contributed by atoms with Crippen LogP contribution in [0, 0.1) is 19.7 Å². The minimum Gasteiger partial charge on any atom is -0.310 e. The molecule has 0 aliphatic carbocycles. The standard InChI is InChI=1S/C17H20BrFN2/c1-4-20-17(14-7-11(2)21-12(3)8-14)10-13-9-15(18)5-6-16(13)19/h5-9,17,20H,4,10H2,1-3H3. The Morgan fingerprint density at radius 2 is 1.86 bits per heavy atom. The Hall–Kier alpha value is -1.26. The lowest BCUT2D eigenvalue weighted by molar-refractivity contribution is 0.526. The highest BCUT2D eigenvalue weighted by molar-refractivity contribution is 9.10. The number of benzene rings is 1. The number of hydrogen-bond acceptors (Lipinski definition) is 2. The molecule has 2 aromatic rings. The van der Waals surface area contributed by atoms with Crippen LogP contribution in [0.5, 0.6) is 0 Å². The van der Waals surface area contributed by atoms with Gasteiger partial charge in [0.15, 0.2) is 0 Å². The molecule has 1 heterocycles. The predicted octanol–water partition coefficient (Wildman–Crippen LogP) is 4.49. The quantitative estimate of drug-likeness (QED) is 0.858. The Labute approximate surface area is 133 Å². The lowest BCUT2D eigenvalue weighted by Crippen LogP contribution is -2.23. The normalized spacial score (nSPS) is 12.4. The van der Waals surface area contributed by atoms with Gasteiger partial charge in [-0.15, -0.1) is 0 Å². The molecule has 1 atom stereocenters. The fourth-order valence-corrected chi connectivity index (χ4v) is 2.95. The zero-order valence-corrected chi connectivity index (χ0v) is 14.2. The summed E-state index contributed by atoms with van der Waals surface area (Å²) in [7, 11) is 0. The molecule has 1 aromatic heterocycles. The zero-order valence-electron chi connectivity index (χ0n) is 12.6. The molecular formula is C17H20BrFN2. The van der Waals surface area contributed by atoms with Crippen molar-refractivity contribution >= 4 is 15.9 Å². The van der Waals surface area contributed by atoms with Crippen molar-refractivity contribution in [1.82, 2.24) is 10.3 Å². The van der Waals surface area contributed by atoms with E-state index in [1.54, 1.807) is 6.07 Å². The largest absolute Gasteiger partial charge is 0.310 e. The van der Waals surface area contributed by atoms with Crippen molar-refractivity contribution in [2.75, 3.05) is 6.54 Å². The Morgan fingerprint density at radius 3 is 2.48 bits per heavy atom. The van der Waals surface area contributed by atoms with E-state index in [2.05, 4.69) is 45.3 Å². The number of nitrogens with one attached hydrogen (secondary N) is 1. The first-order valence-corrected chi connectivity index (χ1v) is 7.91. The molecule has 2 rings (SSSR count). The third-order valence-corrected chi connectivity index (χ3v) is 3.88. The molecule has 0 aliphatic rings. The molecule has 0 spiro atoms. The van der Waals surface area contributed by atoms with Gasteiger partial charge in [0, 0.05) is 21.9 Å². The first kappa shape index (κ1) is 16.1. The van der Waals surface area contributed by atoms with Gasteiger partial charge in [-0.1, -0.05) is 22.9 Å². The maximum absolute atomic E-state index is 14.0. The van der Waals surface area contributed by atoms with Crippen molar-refractivity contribution in [2.45, 2.75) is 33.2 Å². The lowest BCUT2D eigenvalue weighted by Gasteiger charge is -2.20. The van der Waals surface area contributed by atoms with E-state index < -0.39 is 0 Å². The van der Waals surface area contributed by atoms with Crippen LogP contribution in [0.3, 0.4) is 0 Å². The van der Waals surface area contributed by atoms with E-state index in [-0.39, 0.29) is 11.9 Å². The van der Waals surface area contributed by atoms with Crippen LogP contribution in [-0.4, -0.2) is 11.5 Å². The van der Waals surface area contributed by atoms with Crippen molar-refractivity contribution < 1.29 is 4.39 Å². The predicted molar refractivity (Wildman–Crippen MR) is 87.9 cm³/mol. The van der Waals surface area contributed by atoms with Gasteiger partial charge in [0.2, 0.25) is 0 Å². The second kappa shape index (κ2) is 7.14. The van der Waals surface area contributed by atoms with Crippen molar-refractivity contribution in [1.29, 1.82) is 0 Å². The smallest absolute Gasteiger partial charge is 0.126 e. The summed E-state index contributed by atoms with van der Waals surface area (Å²) in [5.74, 6) is -0.163. The molecule has 0 saturated carbocycles. The molecule has 1 N–H and O–H groups in total. The SMILES string of the molecule is CCNC(Cc1cc(Br)ccc1F)c1cc(C)nc(C)c1. The van der Waals surface area contributed by atoms with Crippen molar-refractivity contribution in [3.05, 3.63) is 63.1 Å². The second-order valence-corrected chi connectivity index (χ2v) is 6.15. The first-order valence-electron chi connectivity index (χ1n) is 7.12. The fourth-order valence-electron chi connectivity index (χ4n) is 2.54. The molecule has 0 amide bonds. The number of nitrogens with zero attached hydrogens (tertiary/aromatic N) is 1. The zero-order chi connectivity index (χ0) is 15.4. The third-order valence-electron chi connectivity index (χ3n) is 3.39. The Kier molecular flexibility index (Phi) is 5.48. The summed E-state index contributed by atoms with van der Waals surface area (Å²) in [6, 6.07) is 9.29. The molecule has 0 bridgehead atoms. The summed E-state index contributed by atoms with van der Waals surface area (Å²) < 4.78 is 14.9. The van der Waals surface area contributed by atoms with E-state index >= 15 is 0 Å². The lowest BCUT2D eigenvalue weighted by atomic mass is 9.98. The van der Waals surface area contributed by atoms with Gasteiger partial charge in [-0.2, -0.15) is 0 Å². The molecule has 21 heavy (non-hydrogen) atoms. The molecular weight excluding hydrogens is 331 g/mol. The van der Waals surface area contributed by atoms with Gasteiger partial charge < -0.3 is 5.32 Å². The molecule has 1 unspecified atom stereocenters. The van der Waals surface area contributed by atoms with Crippen molar-refractivity contribution in [2.24, 2.45) is 0 Å². The second-order valence-electron chi connectivity index (χ2n) is 5.23. The summed E-state index contributed by atoms with van der Waals surface area (Å²) in [4.78, 5) is 4.41. The van der Waals surface area contributed by atoms with Crippen LogP contribution in [-0.2, 0) is 6.42 Å². The molecule has 0 saturated heterocycles. The average Bonchev–Trinajstić information content (AvgIpc) is 2.41. The highest BCUT2D eigenvalue weighted by atomic mass is 79.9. The molecule has 1 aromatic carbocycles. The van der Waals surface area contributed by atoms with E-state index in [1.165, 1.54) is 6.07 Å². The number of aromatic nitrogens is 1. The molecule has 2 nitrogen and oxygen atoms in total. The van der Waals surface area contributed by atoms with Crippen LogP contribution in [0.15, 0.2) is 34.8 Å². The number of likely N-dealkylation sites (N-methyl/N-ethyl adjacent to an activating group) is 1. The summed E-state index contributed by atoms with van der Waals surface area (Å²) in [5.41, 5.74) is 3.84. The highest BCUT2D eigenvalue weighted by Gasteiger charge is 2.15. The summed E-state index contributed by atoms with van der Waals surface area (Å²) in [6.07, 6.45) is 0.613. The minimum atomic E-state index is -0.163. The van der Waals surface area contributed by atoms with E-state index in [1.807, 2.05) is 19.9 Å². The van der Waals surface area contributed by atoms with Crippen LogP contribution in [0.2, 0.25) is 0 Å². The fraction of sp³-hybridized carbons (Fsp3) is 0.353. The number of pyridine rings is 1. The van der Waals surface area contributed by atoms with E-state index in [0.29, 0.717) is 12.0 Å². The van der Waals surface area contributed by atoms with E-state index in [4.69, 9.17) is 0 Å². The number of halogens is 2. The van der Waals surface area contributed by atoms with Crippen molar-refractivity contribution in [3.63, 3.8) is 0 Å². The minimum absolute atomic E-state index is 0.0826. The average molecular weight is 351 g/mol. The summed E-state index contributed by atoms with van der Waals surface area (Å²) in [5, 5.41) is 3.44. The van der Waals surface area contributed by atoms with Crippen LogP contribution >= 0.6 is 15.9 Å². The maximum Gasteiger partial charge on any atom is 0.126 e. The van der Waals surface area contributed by atoms with Crippen molar-refractivity contribution in [3.8, 4) is 0 Å². The molecule has 0 aliphatic heterocycles. The van der Waals surface area contributed by atoms with Gasteiger partial charge in [-0.05, 0) is 68.3 Å². The molecule has 112 valence electrons. The number of aryl methyl sites for hydroxylation is 2. The van der Waals surface area contributed by atoms with Crippen LogP contribution in [0.1, 0.15) is 35.5 Å². The Balaban J connectivity index is 2.32. The van der Waals surface area contributed by atoms with Crippen LogP contribution in [0.4, 0.5) is 4.39 Å². The third kappa shape index (κ3) is 4.35. The number of rotatable bonds is 5. The van der Waals surface area contributed by atoms with Gasteiger partial charge in [-0.25, -0.2) is 4.39 Å². The number of hydrogen-bond donors (Lipinski definition) is 1. The summed E-state index contributed by atoms with van der Waals surface area (Å²) in [6.45, 7) is 6.87.